The van der Waals surface area contributed by atoms with Gasteiger partial charge in [0.05, 0.1) is 5.56 Å². The van der Waals surface area contributed by atoms with Gasteiger partial charge in [0, 0.05) is 44.6 Å². The number of carbonyl (C=O) groups excluding carboxylic acids is 1. The molecule has 3 aromatic rings. The molecular formula is C23H25N5O. The number of piperazine rings is 1. The number of benzene rings is 1. The zero-order valence-electron chi connectivity index (χ0n) is 16.5. The lowest BCUT2D eigenvalue weighted by molar-refractivity contribution is 0.0746. The number of hydrogen-bond donors (Lipinski definition) is 1. The number of amides is 1. The number of pyridine rings is 2. The van der Waals surface area contributed by atoms with Gasteiger partial charge < -0.3 is 15.1 Å². The third kappa shape index (κ3) is 4.54. The molecule has 0 radical (unpaired) electrons. The normalized spacial score (nSPS) is 15.1. The highest BCUT2D eigenvalue weighted by atomic mass is 16.2. The van der Waals surface area contributed by atoms with Crippen LogP contribution in [-0.4, -0.2) is 47.0 Å². The van der Waals surface area contributed by atoms with Crippen molar-refractivity contribution in [2.24, 2.45) is 0 Å². The number of rotatable bonds is 5. The van der Waals surface area contributed by atoms with E-state index in [0.29, 0.717) is 18.7 Å². The van der Waals surface area contributed by atoms with Crippen LogP contribution < -0.4 is 10.2 Å². The van der Waals surface area contributed by atoms with E-state index in [1.54, 1.807) is 12.4 Å². The Labute approximate surface area is 171 Å². The van der Waals surface area contributed by atoms with Gasteiger partial charge in [-0.2, -0.15) is 0 Å². The van der Waals surface area contributed by atoms with Crippen LogP contribution in [0.25, 0.3) is 0 Å². The lowest BCUT2D eigenvalue weighted by Gasteiger charge is -2.35. The van der Waals surface area contributed by atoms with Crippen LogP contribution in [0.3, 0.4) is 0 Å². The third-order valence-electron chi connectivity index (χ3n) is 5.21. The number of carbonyl (C=O) groups is 1. The summed E-state index contributed by atoms with van der Waals surface area (Å²) in [5.41, 5.74) is 1.81. The van der Waals surface area contributed by atoms with Crippen molar-refractivity contribution in [1.29, 1.82) is 0 Å². The molecule has 6 heteroatoms. The van der Waals surface area contributed by atoms with Crippen molar-refractivity contribution in [3.8, 4) is 0 Å². The summed E-state index contributed by atoms with van der Waals surface area (Å²) in [4.78, 5) is 25.8. The molecule has 29 heavy (non-hydrogen) atoms. The maximum Gasteiger partial charge on any atom is 0.255 e. The number of aromatic nitrogens is 2. The van der Waals surface area contributed by atoms with Crippen LogP contribution in [0.4, 0.5) is 11.6 Å². The molecule has 0 bridgehead atoms. The van der Waals surface area contributed by atoms with Crippen molar-refractivity contribution in [2.75, 3.05) is 36.4 Å². The first kappa shape index (κ1) is 18.9. The summed E-state index contributed by atoms with van der Waals surface area (Å²) in [7, 11) is 0. The first-order valence-electron chi connectivity index (χ1n) is 9.93. The SMILES string of the molecule is CC(Nc1ccc(C(=O)N2CCN(c3ccccn3)CC2)cn1)c1ccccc1. The van der Waals surface area contributed by atoms with E-state index >= 15 is 0 Å². The predicted molar refractivity (Wildman–Crippen MR) is 115 cm³/mol. The van der Waals surface area contributed by atoms with E-state index in [1.807, 2.05) is 53.4 Å². The predicted octanol–water partition coefficient (Wildman–Crippen LogP) is 3.61. The number of nitrogens with one attached hydrogen (secondary N) is 1. The Hall–Kier alpha value is -3.41. The topological polar surface area (TPSA) is 61.4 Å². The second-order valence-electron chi connectivity index (χ2n) is 7.18. The fraction of sp³-hybridized carbons (Fsp3) is 0.261. The summed E-state index contributed by atoms with van der Waals surface area (Å²) < 4.78 is 0. The van der Waals surface area contributed by atoms with Gasteiger partial charge in [-0.3, -0.25) is 4.79 Å². The summed E-state index contributed by atoms with van der Waals surface area (Å²) in [6.07, 6.45) is 3.46. The van der Waals surface area contributed by atoms with Gasteiger partial charge in [-0.25, -0.2) is 9.97 Å². The molecule has 1 fully saturated rings. The van der Waals surface area contributed by atoms with Gasteiger partial charge in [0.2, 0.25) is 0 Å². The van der Waals surface area contributed by atoms with Crippen LogP contribution in [0, 0.1) is 0 Å². The molecule has 1 unspecified atom stereocenters. The van der Waals surface area contributed by atoms with Crippen molar-refractivity contribution in [3.63, 3.8) is 0 Å². The minimum Gasteiger partial charge on any atom is -0.364 e. The molecule has 1 N–H and O–H groups in total. The van der Waals surface area contributed by atoms with E-state index in [9.17, 15) is 4.79 Å². The van der Waals surface area contributed by atoms with Crippen LogP contribution in [0.1, 0.15) is 28.9 Å². The van der Waals surface area contributed by atoms with Crippen LogP contribution in [0.2, 0.25) is 0 Å². The van der Waals surface area contributed by atoms with Crippen LogP contribution in [0.5, 0.6) is 0 Å². The Morgan fingerprint density at radius 2 is 1.69 bits per heavy atom. The molecule has 1 amide bonds. The van der Waals surface area contributed by atoms with Gasteiger partial charge in [0.25, 0.3) is 5.91 Å². The number of hydrogen-bond acceptors (Lipinski definition) is 5. The number of anilines is 2. The molecule has 1 aromatic carbocycles. The van der Waals surface area contributed by atoms with E-state index in [1.165, 1.54) is 5.56 Å². The van der Waals surface area contributed by atoms with Gasteiger partial charge in [0.15, 0.2) is 0 Å². The third-order valence-corrected chi connectivity index (χ3v) is 5.21. The van der Waals surface area contributed by atoms with Crippen LogP contribution in [-0.2, 0) is 0 Å². The Balaban J connectivity index is 1.34. The quantitative estimate of drug-likeness (QED) is 0.725. The van der Waals surface area contributed by atoms with Gasteiger partial charge in [-0.05, 0) is 36.8 Å². The molecule has 148 valence electrons. The molecule has 1 saturated heterocycles. The highest BCUT2D eigenvalue weighted by Gasteiger charge is 2.23. The smallest absolute Gasteiger partial charge is 0.255 e. The van der Waals surface area contributed by atoms with E-state index in [2.05, 4.69) is 39.2 Å². The molecule has 0 saturated carbocycles. The average molecular weight is 387 g/mol. The Morgan fingerprint density at radius 1 is 0.931 bits per heavy atom. The molecule has 3 heterocycles. The maximum atomic E-state index is 12.8. The van der Waals surface area contributed by atoms with Crippen molar-refractivity contribution in [1.82, 2.24) is 14.9 Å². The molecule has 4 rings (SSSR count). The molecule has 0 spiro atoms. The Kier molecular flexibility index (Phi) is 5.70. The highest BCUT2D eigenvalue weighted by molar-refractivity contribution is 5.94. The van der Waals surface area contributed by atoms with E-state index in [0.717, 1.165) is 24.7 Å². The summed E-state index contributed by atoms with van der Waals surface area (Å²) in [5, 5.41) is 3.38. The lowest BCUT2D eigenvalue weighted by Crippen LogP contribution is -2.49. The standard InChI is InChI=1S/C23H25N5O/c1-18(19-7-3-2-4-8-19)26-21-11-10-20(17-25-21)23(29)28-15-13-27(14-16-28)22-9-5-6-12-24-22/h2-12,17-18H,13-16H2,1H3,(H,25,26). The molecule has 1 aliphatic rings. The largest absolute Gasteiger partial charge is 0.364 e. The fourth-order valence-electron chi connectivity index (χ4n) is 3.51. The molecule has 1 atom stereocenters. The molecule has 2 aromatic heterocycles. The van der Waals surface area contributed by atoms with Crippen molar-refractivity contribution in [3.05, 3.63) is 84.2 Å². The molecular weight excluding hydrogens is 362 g/mol. The average Bonchev–Trinajstić information content (AvgIpc) is 2.80. The van der Waals surface area contributed by atoms with Crippen molar-refractivity contribution < 1.29 is 4.79 Å². The lowest BCUT2D eigenvalue weighted by atomic mass is 10.1. The number of nitrogens with zero attached hydrogens (tertiary/aromatic N) is 4. The summed E-state index contributed by atoms with van der Waals surface area (Å²) in [6.45, 7) is 5.02. The zero-order chi connectivity index (χ0) is 20.1. The van der Waals surface area contributed by atoms with Crippen molar-refractivity contribution in [2.45, 2.75) is 13.0 Å². The molecule has 0 aliphatic carbocycles. The van der Waals surface area contributed by atoms with E-state index in [-0.39, 0.29) is 11.9 Å². The second-order valence-corrected chi connectivity index (χ2v) is 7.18. The van der Waals surface area contributed by atoms with E-state index < -0.39 is 0 Å². The molecule has 6 nitrogen and oxygen atoms in total. The summed E-state index contributed by atoms with van der Waals surface area (Å²) >= 11 is 0. The minimum absolute atomic E-state index is 0.0285. The van der Waals surface area contributed by atoms with E-state index in [4.69, 9.17) is 0 Å². The van der Waals surface area contributed by atoms with Gasteiger partial charge in [-0.1, -0.05) is 36.4 Å². The molecule has 1 aliphatic heterocycles. The monoisotopic (exact) mass is 387 g/mol. The Morgan fingerprint density at radius 3 is 2.34 bits per heavy atom. The first-order chi connectivity index (χ1) is 14.2. The first-order valence-corrected chi connectivity index (χ1v) is 9.93. The summed E-state index contributed by atoms with van der Waals surface area (Å²) in [5.74, 6) is 1.75. The Bertz CT molecular complexity index is 923. The maximum absolute atomic E-state index is 12.8. The zero-order valence-corrected chi connectivity index (χ0v) is 16.5. The minimum atomic E-state index is 0.0285. The van der Waals surface area contributed by atoms with Crippen molar-refractivity contribution >= 4 is 17.5 Å². The fourth-order valence-corrected chi connectivity index (χ4v) is 3.51. The van der Waals surface area contributed by atoms with Gasteiger partial charge in [0.1, 0.15) is 11.6 Å². The van der Waals surface area contributed by atoms with Gasteiger partial charge in [-0.15, -0.1) is 0 Å². The van der Waals surface area contributed by atoms with Crippen LogP contribution >= 0.6 is 0 Å². The van der Waals surface area contributed by atoms with Crippen LogP contribution in [0.15, 0.2) is 73.1 Å². The highest BCUT2D eigenvalue weighted by Crippen LogP contribution is 2.19. The second kappa shape index (κ2) is 8.73. The van der Waals surface area contributed by atoms with Gasteiger partial charge >= 0.3 is 0 Å². The summed E-state index contributed by atoms with van der Waals surface area (Å²) in [6, 6.07) is 20.0.